The van der Waals surface area contributed by atoms with E-state index in [1.54, 1.807) is 38.5 Å². The average Bonchev–Trinajstić information content (AvgIpc) is 3.34. The number of benzene rings is 1. The highest BCUT2D eigenvalue weighted by atomic mass is 16.5. The molecule has 2 aromatic rings. The fourth-order valence-corrected chi connectivity index (χ4v) is 3.04. The molecule has 1 aliphatic rings. The van der Waals surface area contributed by atoms with Crippen molar-refractivity contribution in [3.63, 3.8) is 0 Å². The molecule has 0 saturated carbocycles. The van der Waals surface area contributed by atoms with Crippen molar-refractivity contribution in [2.45, 2.75) is 32.0 Å². The number of furan rings is 1. The highest BCUT2D eigenvalue weighted by molar-refractivity contribution is 6.04. The summed E-state index contributed by atoms with van der Waals surface area (Å²) in [6.45, 7) is 0.383. The maximum atomic E-state index is 12.4. The molecule has 3 rings (SSSR count). The second-order valence-electron chi connectivity index (χ2n) is 6.51. The molecule has 1 atom stereocenters. The zero-order valence-electron chi connectivity index (χ0n) is 16.3. The second kappa shape index (κ2) is 9.13. The van der Waals surface area contributed by atoms with Gasteiger partial charge >= 0.3 is 6.03 Å². The van der Waals surface area contributed by atoms with Crippen LogP contribution in [0, 0.1) is 0 Å². The molecule has 9 heteroatoms. The predicted octanol–water partition coefficient (Wildman–Crippen LogP) is 1.81. The summed E-state index contributed by atoms with van der Waals surface area (Å²) in [7, 11) is 3.10. The number of ether oxygens (including phenoxy) is 2. The molecule has 1 aliphatic heterocycles. The van der Waals surface area contributed by atoms with Gasteiger partial charge in [-0.1, -0.05) is 6.07 Å². The predicted molar refractivity (Wildman–Crippen MR) is 102 cm³/mol. The van der Waals surface area contributed by atoms with E-state index in [0.717, 1.165) is 10.5 Å². The Hall–Kier alpha value is -3.49. The molecule has 4 amide bonds. The minimum Gasteiger partial charge on any atom is -0.493 e. The van der Waals surface area contributed by atoms with Crippen LogP contribution in [-0.4, -0.2) is 43.0 Å². The van der Waals surface area contributed by atoms with Gasteiger partial charge in [-0.2, -0.15) is 0 Å². The van der Waals surface area contributed by atoms with E-state index < -0.39 is 12.1 Å². The van der Waals surface area contributed by atoms with Crippen LogP contribution in [0.4, 0.5) is 4.79 Å². The number of rotatable bonds is 9. The van der Waals surface area contributed by atoms with E-state index in [0.29, 0.717) is 23.8 Å². The Labute approximate surface area is 167 Å². The molecular formula is C20H23N3O6. The third-order valence-corrected chi connectivity index (χ3v) is 4.60. The van der Waals surface area contributed by atoms with Crippen molar-refractivity contribution in [3.05, 3.63) is 47.9 Å². The van der Waals surface area contributed by atoms with Crippen LogP contribution in [0.15, 0.2) is 41.0 Å². The monoisotopic (exact) mass is 401 g/mol. The van der Waals surface area contributed by atoms with Gasteiger partial charge in [0, 0.05) is 13.0 Å². The third kappa shape index (κ3) is 4.87. The van der Waals surface area contributed by atoms with Crippen molar-refractivity contribution in [1.29, 1.82) is 0 Å². The van der Waals surface area contributed by atoms with E-state index in [2.05, 4.69) is 10.6 Å². The van der Waals surface area contributed by atoms with Crippen LogP contribution in [0.1, 0.15) is 24.2 Å². The van der Waals surface area contributed by atoms with Crippen LogP contribution in [0.3, 0.4) is 0 Å². The minimum atomic E-state index is -0.718. The first-order valence-electron chi connectivity index (χ1n) is 9.13. The molecule has 1 aromatic heterocycles. The Morgan fingerprint density at radius 3 is 2.69 bits per heavy atom. The largest absolute Gasteiger partial charge is 0.493 e. The fraction of sp³-hybridized carbons (Fsp3) is 0.350. The molecule has 1 aromatic carbocycles. The van der Waals surface area contributed by atoms with Crippen molar-refractivity contribution < 1.29 is 28.3 Å². The molecule has 1 fully saturated rings. The van der Waals surface area contributed by atoms with E-state index >= 15 is 0 Å². The van der Waals surface area contributed by atoms with E-state index in [-0.39, 0.29) is 31.2 Å². The Morgan fingerprint density at radius 2 is 2.00 bits per heavy atom. The van der Waals surface area contributed by atoms with Crippen LogP contribution in [0.5, 0.6) is 11.5 Å². The molecule has 0 spiro atoms. The molecule has 9 nitrogen and oxygen atoms in total. The van der Waals surface area contributed by atoms with Gasteiger partial charge in [-0.05, 0) is 36.2 Å². The number of nitrogens with one attached hydrogen (secondary N) is 2. The smallest absolute Gasteiger partial charge is 0.325 e. The quantitative estimate of drug-likeness (QED) is 0.620. The van der Waals surface area contributed by atoms with E-state index in [1.165, 1.54) is 6.26 Å². The normalized spacial score (nSPS) is 15.9. The lowest BCUT2D eigenvalue weighted by Gasteiger charge is -2.12. The van der Waals surface area contributed by atoms with Gasteiger partial charge in [0.1, 0.15) is 11.8 Å². The van der Waals surface area contributed by atoms with E-state index in [4.69, 9.17) is 13.9 Å². The van der Waals surface area contributed by atoms with Gasteiger partial charge in [-0.15, -0.1) is 0 Å². The lowest BCUT2D eigenvalue weighted by Crippen LogP contribution is -2.32. The van der Waals surface area contributed by atoms with Crippen LogP contribution in [0.2, 0.25) is 0 Å². The Morgan fingerprint density at radius 1 is 1.21 bits per heavy atom. The number of carbonyl (C=O) groups excluding carboxylic acids is 3. The van der Waals surface area contributed by atoms with Crippen LogP contribution in [0.25, 0.3) is 0 Å². The zero-order chi connectivity index (χ0) is 20.8. The summed E-state index contributed by atoms with van der Waals surface area (Å²) in [5, 5.41) is 5.41. The standard InChI is InChI=1S/C20H23N3O6/c1-27-16-7-5-13(10-17(16)28-2)11-21-18(24)8-6-15-19(25)23(20(26)22-15)12-14-4-3-9-29-14/h3-5,7,9-10,15H,6,8,11-12H2,1-2H3,(H,21,24)(H,22,26). The Kier molecular flexibility index (Phi) is 6.38. The third-order valence-electron chi connectivity index (χ3n) is 4.60. The van der Waals surface area contributed by atoms with Crippen LogP contribution in [-0.2, 0) is 22.7 Å². The van der Waals surface area contributed by atoms with Gasteiger partial charge in [0.15, 0.2) is 11.5 Å². The van der Waals surface area contributed by atoms with Crippen molar-refractivity contribution in [3.8, 4) is 11.5 Å². The van der Waals surface area contributed by atoms with Gasteiger partial charge in [-0.25, -0.2) is 4.79 Å². The first-order valence-corrected chi connectivity index (χ1v) is 9.13. The fourth-order valence-electron chi connectivity index (χ4n) is 3.04. The summed E-state index contributed by atoms with van der Waals surface area (Å²) in [6.07, 6.45) is 1.81. The molecule has 29 heavy (non-hydrogen) atoms. The number of hydrogen-bond donors (Lipinski definition) is 2. The number of nitrogens with zero attached hydrogens (tertiary/aromatic N) is 1. The summed E-state index contributed by atoms with van der Waals surface area (Å²) >= 11 is 0. The van der Waals surface area contributed by atoms with Crippen LogP contribution < -0.4 is 20.1 Å². The first-order chi connectivity index (χ1) is 14.0. The molecule has 0 radical (unpaired) electrons. The van der Waals surface area contributed by atoms with E-state index in [9.17, 15) is 14.4 Å². The van der Waals surface area contributed by atoms with Gasteiger partial charge in [0.05, 0.1) is 27.0 Å². The molecule has 0 bridgehead atoms. The van der Waals surface area contributed by atoms with Gasteiger partial charge < -0.3 is 24.5 Å². The van der Waals surface area contributed by atoms with Gasteiger partial charge in [-0.3, -0.25) is 14.5 Å². The van der Waals surface area contributed by atoms with Crippen LogP contribution >= 0.6 is 0 Å². The second-order valence-corrected chi connectivity index (χ2v) is 6.51. The lowest BCUT2D eigenvalue weighted by atomic mass is 10.1. The summed E-state index contributed by atoms with van der Waals surface area (Å²) in [4.78, 5) is 37.7. The number of urea groups is 1. The molecule has 2 heterocycles. The molecule has 1 unspecified atom stereocenters. The molecule has 154 valence electrons. The topological polar surface area (TPSA) is 110 Å². The number of hydrogen-bond acceptors (Lipinski definition) is 6. The Bertz CT molecular complexity index is 880. The van der Waals surface area contributed by atoms with Crippen molar-refractivity contribution in [2.24, 2.45) is 0 Å². The Balaban J connectivity index is 1.47. The van der Waals surface area contributed by atoms with E-state index in [1.807, 2.05) is 6.07 Å². The maximum Gasteiger partial charge on any atom is 0.325 e. The summed E-state index contributed by atoms with van der Waals surface area (Å²) in [5.41, 5.74) is 0.853. The highest BCUT2D eigenvalue weighted by Gasteiger charge is 2.38. The minimum absolute atomic E-state index is 0.0691. The zero-order valence-corrected chi connectivity index (χ0v) is 16.3. The summed E-state index contributed by atoms with van der Waals surface area (Å²) in [5.74, 6) is 1.12. The van der Waals surface area contributed by atoms with Crippen molar-refractivity contribution >= 4 is 17.8 Å². The molecule has 1 saturated heterocycles. The molecular weight excluding hydrogens is 378 g/mol. The lowest BCUT2D eigenvalue weighted by molar-refractivity contribution is -0.128. The first kappa shape index (κ1) is 20.2. The number of amides is 4. The molecule has 0 aliphatic carbocycles. The SMILES string of the molecule is COc1ccc(CNC(=O)CCC2NC(=O)N(Cc3ccco3)C2=O)cc1OC. The number of imide groups is 1. The van der Waals surface area contributed by atoms with Crippen molar-refractivity contribution in [1.82, 2.24) is 15.5 Å². The highest BCUT2D eigenvalue weighted by Crippen LogP contribution is 2.27. The average molecular weight is 401 g/mol. The maximum absolute atomic E-state index is 12.4. The van der Waals surface area contributed by atoms with Crippen molar-refractivity contribution in [2.75, 3.05) is 14.2 Å². The summed E-state index contributed by atoms with van der Waals surface area (Å²) < 4.78 is 15.6. The number of methoxy groups -OCH3 is 2. The number of carbonyl (C=O) groups is 3. The molecule has 2 N–H and O–H groups in total. The van der Waals surface area contributed by atoms with Gasteiger partial charge in [0.2, 0.25) is 5.91 Å². The summed E-state index contributed by atoms with van der Waals surface area (Å²) in [6, 6.07) is 7.55. The van der Waals surface area contributed by atoms with Gasteiger partial charge in [0.25, 0.3) is 5.91 Å².